The van der Waals surface area contributed by atoms with Crippen molar-refractivity contribution in [2.45, 2.75) is 6.42 Å². The molecule has 2 amide bonds. The van der Waals surface area contributed by atoms with E-state index in [0.29, 0.717) is 20.7 Å². The van der Waals surface area contributed by atoms with Gasteiger partial charge in [-0.1, -0.05) is 42.2 Å². The van der Waals surface area contributed by atoms with Gasteiger partial charge in [0.15, 0.2) is 0 Å². The van der Waals surface area contributed by atoms with Gasteiger partial charge < -0.3 is 15.2 Å². The number of hydrogen-bond donors (Lipinski definition) is 2. The van der Waals surface area contributed by atoms with Crippen LogP contribution >= 0.6 is 24.0 Å². The number of thioether (sulfide) groups is 1. The number of rotatable bonds is 6. The number of nitrogens with one attached hydrogen (secondary N) is 1. The molecule has 1 saturated heterocycles. The van der Waals surface area contributed by atoms with E-state index in [-0.39, 0.29) is 30.5 Å². The average molecular weight is 415 g/mol. The highest BCUT2D eigenvalue weighted by Crippen LogP contribution is 2.33. The van der Waals surface area contributed by atoms with Crippen LogP contribution in [0.4, 0.5) is 5.69 Å². The number of amides is 2. The minimum absolute atomic E-state index is 0.0671. The first-order valence-electron chi connectivity index (χ1n) is 8.44. The fraction of sp³-hybridized carbons (Fsp3) is 0.150. The highest BCUT2D eigenvalue weighted by atomic mass is 32.2. The number of hydrogen-bond acceptors (Lipinski definition) is 6. The fourth-order valence-corrected chi connectivity index (χ4v) is 3.90. The van der Waals surface area contributed by atoms with Gasteiger partial charge >= 0.3 is 0 Å². The van der Waals surface area contributed by atoms with Gasteiger partial charge in [-0.15, -0.1) is 0 Å². The molecule has 2 aromatic rings. The van der Waals surface area contributed by atoms with Crippen LogP contribution in [0.1, 0.15) is 12.0 Å². The van der Waals surface area contributed by atoms with Crippen LogP contribution in [0.15, 0.2) is 53.4 Å². The summed E-state index contributed by atoms with van der Waals surface area (Å²) in [6.45, 7) is 0.185. The molecule has 0 atom stereocenters. The summed E-state index contributed by atoms with van der Waals surface area (Å²) in [5.74, 6) is 0.282. The van der Waals surface area contributed by atoms with Crippen molar-refractivity contribution < 1.29 is 19.4 Å². The zero-order chi connectivity index (χ0) is 20.1. The van der Waals surface area contributed by atoms with E-state index >= 15 is 0 Å². The number of nitrogens with zero attached hydrogens (tertiary/aromatic N) is 1. The van der Waals surface area contributed by atoms with E-state index in [1.54, 1.807) is 25.3 Å². The summed E-state index contributed by atoms with van der Waals surface area (Å²) in [7, 11) is 1.58. The number of phenolic OH excluding ortho intramolecular Hbond substituents is 1. The topological polar surface area (TPSA) is 78.9 Å². The Bertz CT molecular complexity index is 959. The first-order valence-corrected chi connectivity index (χ1v) is 9.67. The summed E-state index contributed by atoms with van der Waals surface area (Å²) in [5, 5.41) is 12.1. The molecular formula is C20H18N2O4S2. The minimum Gasteiger partial charge on any atom is -0.508 e. The Balaban J connectivity index is 1.62. The molecule has 2 aromatic carbocycles. The Morgan fingerprint density at radius 3 is 2.82 bits per heavy atom. The SMILES string of the molecule is COc1cccc(C=C2SC(=S)N(CCC(=O)Nc3cccc(O)c3)C2=O)c1. The smallest absolute Gasteiger partial charge is 0.266 e. The number of anilines is 1. The number of ether oxygens (including phenoxy) is 1. The molecule has 0 aliphatic carbocycles. The molecule has 28 heavy (non-hydrogen) atoms. The largest absolute Gasteiger partial charge is 0.508 e. The zero-order valence-electron chi connectivity index (χ0n) is 15.0. The summed E-state index contributed by atoms with van der Waals surface area (Å²) in [6.07, 6.45) is 1.85. The van der Waals surface area contributed by atoms with E-state index in [1.165, 1.54) is 28.8 Å². The third kappa shape index (κ3) is 4.90. The van der Waals surface area contributed by atoms with Gasteiger partial charge in [0.1, 0.15) is 15.8 Å². The maximum atomic E-state index is 12.6. The second-order valence-corrected chi connectivity index (χ2v) is 7.63. The minimum atomic E-state index is -0.267. The number of phenols is 1. The molecule has 0 aromatic heterocycles. The quantitative estimate of drug-likeness (QED) is 0.555. The van der Waals surface area contributed by atoms with Gasteiger partial charge in [0, 0.05) is 24.7 Å². The summed E-state index contributed by atoms with van der Waals surface area (Å²) < 4.78 is 5.61. The molecular weight excluding hydrogens is 396 g/mol. The van der Waals surface area contributed by atoms with Crippen LogP contribution in [0, 0.1) is 0 Å². The lowest BCUT2D eigenvalue weighted by molar-refractivity contribution is -0.122. The van der Waals surface area contributed by atoms with Gasteiger partial charge in [-0.2, -0.15) is 0 Å². The predicted octanol–water partition coefficient (Wildman–Crippen LogP) is 3.63. The Labute approximate surface area is 172 Å². The lowest BCUT2D eigenvalue weighted by atomic mass is 10.2. The van der Waals surface area contributed by atoms with Gasteiger partial charge in [-0.3, -0.25) is 14.5 Å². The first-order chi connectivity index (χ1) is 13.5. The molecule has 1 fully saturated rings. The number of aromatic hydroxyl groups is 1. The van der Waals surface area contributed by atoms with Crippen molar-refractivity contribution in [3.05, 3.63) is 59.0 Å². The monoisotopic (exact) mass is 414 g/mol. The van der Waals surface area contributed by atoms with Crippen LogP contribution < -0.4 is 10.1 Å². The Hall–Kier alpha value is -2.84. The second kappa shape index (κ2) is 8.90. The number of thiocarbonyl (C=S) groups is 1. The van der Waals surface area contributed by atoms with Crippen molar-refractivity contribution >= 4 is 51.9 Å². The lowest BCUT2D eigenvalue weighted by Gasteiger charge is -2.14. The van der Waals surface area contributed by atoms with Gasteiger partial charge in [-0.25, -0.2) is 0 Å². The van der Waals surface area contributed by atoms with Gasteiger partial charge in [0.05, 0.1) is 12.0 Å². The van der Waals surface area contributed by atoms with Gasteiger partial charge in [-0.05, 0) is 35.9 Å². The van der Waals surface area contributed by atoms with Crippen LogP contribution in [-0.2, 0) is 9.59 Å². The van der Waals surface area contributed by atoms with E-state index in [9.17, 15) is 14.7 Å². The lowest BCUT2D eigenvalue weighted by Crippen LogP contribution is -2.31. The van der Waals surface area contributed by atoms with Crippen LogP contribution in [0.2, 0.25) is 0 Å². The molecule has 0 bridgehead atoms. The molecule has 6 nitrogen and oxygen atoms in total. The van der Waals surface area contributed by atoms with E-state index in [2.05, 4.69) is 5.32 Å². The first kappa shape index (κ1) is 19.9. The van der Waals surface area contributed by atoms with Crippen molar-refractivity contribution in [1.29, 1.82) is 0 Å². The van der Waals surface area contributed by atoms with Gasteiger partial charge in [0.2, 0.25) is 5.91 Å². The molecule has 1 aliphatic rings. The molecule has 0 spiro atoms. The fourth-order valence-electron chi connectivity index (χ4n) is 2.60. The number of carbonyl (C=O) groups is 2. The van der Waals surface area contributed by atoms with Crippen molar-refractivity contribution in [2.24, 2.45) is 0 Å². The molecule has 8 heteroatoms. The number of methoxy groups -OCH3 is 1. The second-order valence-electron chi connectivity index (χ2n) is 5.96. The molecule has 0 radical (unpaired) electrons. The zero-order valence-corrected chi connectivity index (χ0v) is 16.7. The Morgan fingerprint density at radius 2 is 2.07 bits per heavy atom. The van der Waals surface area contributed by atoms with E-state index in [1.807, 2.05) is 24.3 Å². The summed E-state index contributed by atoms with van der Waals surface area (Å²) >= 11 is 6.51. The Kier molecular flexibility index (Phi) is 6.33. The normalized spacial score (nSPS) is 15.2. The standard InChI is InChI=1S/C20H18N2O4S2/c1-26-16-7-2-4-13(10-16)11-17-19(25)22(20(27)28-17)9-8-18(24)21-14-5-3-6-15(23)12-14/h2-7,10-12,23H,8-9H2,1H3,(H,21,24). The molecule has 0 saturated carbocycles. The Morgan fingerprint density at radius 1 is 1.29 bits per heavy atom. The van der Waals surface area contributed by atoms with Crippen molar-refractivity contribution in [3.8, 4) is 11.5 Å². The number of benzene rings is 2. The maximum Gasteiger partial charge on any atom is 0.266 e. The van der Waals surface area contributed by atoms with Crippen molar-refractivity contribution in [3.63, 3.8) is 0 Å². The summed E-state index contributed by atoms with van der Waals surface area (Å²) in [4.78, 5) is 26.7. The predicted molar refractivity (Wildman–Crippen MR) is 114 cm³/mol. The van der Waals surface area contributed by atoms with Crippen LogP contribution in [0.25, 0.3) is 6.08 Å². The molecule has 0 unspecified atom stereocenters. The molecule has 2 N–H and O–H groups in total. The van der Waals surface area contributed by atoms with Crippen LogP contribution in [-0.4, -0.2) is 39.8 Å². The number of carbonyl (C=O) groups excluding carboxylic acids is 2. The highest BCUT2D eigenvalue weighted by molar-refractivity contribution is 8.26. The maximum absolute atomic E-state index is 12.6. The summed E-state index contributed by atoms with van der Waals surface area (Å²) in [6, 6.07) is 13.7. The summed E-state index contributed by atoms with van der Waals surface area (Å²) in [5.41, 5.74) is 1.33. The molecule has 144 valence electrons. The van der Waals surface area contributed by atoms with E-state index in [4.69, 9.17) is 17.0 Å². The third-order valence-electron chi connectivity index (χ3n) is 3.96. The third-order valence-corrected chi connectivity index (χ3v) is 5.34. The highest BCUT2D eigenvalue weighted by Gasteiger charge is 2.32. The molecule has 1 heterocycles. The molecule has 3 rings (SSSR count). The molecule has 1 aliphatic heterocycles. The average Bonchev–Trinajstić information content (AvgIpc) is 2.93. The van der Waals surface area contributed by atoms with Crippen LogP contribution in [0.3, 0.4) is 0 Å². The van der Waals surface area contributed by atoms with Crippen molar-refractivity contribution in [1.82, 2.24) is 4.90 Å². The van der Waals surface area contributed by atoms with Crippen LogP contribution in [0.5, 0.6) is 11.5 Å². The van der Waals surface area contributed by atoms with Gasteiger partial charge in [0.25, 0.3) is 5.91 Å². The van der Waals surface area contributed by atoms with E-state index < -0.39 is 0 Å². The van der Waals surface area contributed by atoms with Crippen molar-refractivity contribution in [2.75, 3.05) is 19.0 Å². The van der Waals surface area contributed by atoms with E-state index in [0.717, 1.165) is 5.56 Å².